The highest BCUT2D eigenvalue weighted by molar-refractivity contribution is 9.10. The number of hydrogen-bond donors (Lipinski definition) is 2. The first-order chi connectivity index (χ1) is 15.4. The Kier molecular flexibility index (Phi) is 6.21. The fraction of sp³-hybridized carbons (Fsp3) is 0.160. The van der Waals surface area contributed by atoms with Crippen LogP contribution in [-0.4, -0.2) is 16.0 Å². The van der Waals surface area contributed by atoms with Crippen molar-refractivity contribution in [2.75, 3.05) is 5.32 Å². The summed E-state index contributed by atoms with van der Waals surface area (Å²) >= 11 is 3.40. The van der Waals surface area contributed by atoms with Crippen molar-refractivity contribution in [3.8, 4) is 0 Å². The van der Waals surface area contributed by atoms with Gasteiger partial charge < -0.3 is 14.8 Å². The van der Waals surface area contributed by atoms with Crippen LogP contribution >= 0.6 is 15.9 Å². The zero-order valence-corrected chi connectivity index (χ0v) is 19.5. The lowest BCUT2D eigenvalue weighted by atomic mass is 10.1. The largest absolute Gasteiger partial charge is 0.436 e. The highest BCUT2D eigenvalue weighted by Gasteiger charge is 2.17. The zero-order chi connectivity index (χ0) is 22.8. The molecule has 1 amide bonds. The normalized spacial score (nSPS) is 11.7. The van der Waals surface area contributed by atoms with Crippen molar-refractivity contribution >= 4 is 44.2 Å². The summed E-state index contributed by atoms with van der Waals surface area (Å²) < 4.78 is 7.05. The molecular weight excluding hydrogens is 470 g/mol. The number of carbonyl (C=O) groups excluding carboxylic acids is 1. The molecule has 4 aromatic rings. The summed E-state index contributed by atoms with van der Waals surface area (Å²) in [5, 5.41) is 13.3. The van der Waals surface area contributed by atoms with E-state index in [2.05, 4.69) is 26.2 Å². The number of amides is 1. The van der Waals surface area contributed by atoms with Gasteiger partial charge in [-0.25, -0.2) is 4.99 Å². The summed E-state index contributed by atoms with van der Waals surface area (Å²) in [5.74, 6) is -0.361. The molecule has 2 N–H and O–H groups in total. The molecule has 0 aliphatic rings. The van der Waals surface area contributed by atoms with E-state index in [0.29, 0.717) is 27.9 Å². The topological polar surface area (TPSA) is 87.7 Å². The number of pyridine rings is 1. The molecule has 0 bridgehead atoms. The van der Waals surface area contributed by atoms with E-state index in [4.69, 9.17) is 9.41 Å². The highest BCUT2D eigenvalue weighted by Crippen LogP contribution is 2.24. The second-order valence-electron chi connectivity index (χ2n) is 7.60. The van der Waals surface area contributed by atoms with Gasteiger partial charge in [-0.05, 0) is 68.3 Å². The first-order valence-corrected chi connectivity index (χ1v) is 10.9. The molecule has 7 heteroatoms. The van der Waals surface area contributed by atoms with Crippen molar-refractivity contribution in [2.45, 2.75) is 27.4 Å². The lowest BCUT2D eigenvalue weighted by Crippen LogP contribution is -2.22. The molecule has 4 rings (SSSR count). The Bertz CT molecular complexity index is 1390. The Morgan fingerprint density at radius 1 is 1.12 bits per heavy atom. The van der Waals surface area contributed by atoms with Crippen LogP contribution in [0.4, 0.5) is 11.4 Å². The maximum atomic E-state index is 13.3. The molecule has 2 aromatic carbocycles. The van der Waals surface area contributed by atoms with Crippen LogP contribution in [0.3, 0.4) is 0 Å². The first-order valence-electron chi connectivity index (χ1n) is 10.1. The fourth-order valence-corrected chi connectivity index (χ4v) is 3.61. The van der Waals surface area contributed by atoms with Gasteiger partial charge in [-0.1, -0.05) is 28.1 Å². The van der Waals surface area contributed by atoms with Gasteiger partial charge in [0.25, 0.3) is 5.91 Å². The SMILES string of the molecule is Cc1ccc(C)c(N=c2oc3c(C)ncc(CO)c3cc2C(=O)Nc2ccc(Br)cc2)c1. The number of aliphatic hydroxyl groups is 1. The summed E-state index contributed by atoms with van der Waals surface area (Å²) in [5.41, 5.74) is 5.53. The van der Waals surface area contributed by atoms with Gasteiger partial charge in [0.05, 0.1) is 18.0 Å². The molecule has 0 radical (unpaired) electrons. The lowest BCUT2D eigenvalue weighted by molar-refractivity contribution is 0.102. The summed E-state index contributed by atoms with van der Waals surface area (Å²) in [6.45, 7) is 5.53. The maximum Gasteiger partial charge on any atom is 0.261 e. The molecule has 0 spiro atoms. The van der Waals surface area contributed by atoms with Gasteiger partial charge in [0.1, 0.15) is 5.56 Å². The summed E-state index contributed by atoms with van der Waals surface area (Å²) in [6.07, 6.45) is 1.59. The fourth-order valence-electron chi connectivity index (χ4n) is 3.34. The van der Waals surface area contributed by atoms with Gasteiger partial charge in [-0.15, -0.1) is 0 Å². The minimum atomic E-state index is -0.361. The van der Waals surface area contributed by atoms with Gasteiger partial charge >= 0.3 is 0 Å². The van der Waals surface area contributed by atoms with E-state index in [1.807, 2.05) is 51.1 Å². The summed E-state index contributed by atoms with van der Waals surface area (Å²) in [6, 6.07) is 14.9. The standard InChI is InChI=1S/C25H22BrN3O3/c1-14-4-5-15(2)22(10-14)29-25-21(24(31)28-19-8-6-18(26)7-9-19)11-20-17(13-30)12-27-16(3)23(20)32-25/h4-12,30H,13H2,1-3H3,(H,28,31). The third-order valence-corrected chi connectivity index (χ3v) is 5.68. The van der Waals surface area contributed by atoms with Crippen LogP contribution in [0.2, 0.25) is 0 Å². The third-order valence-electron chi connectivity index (χ3n) is 5.15. The molecule has 0 saturated heterocycles. The Labute approximate surface area is 193 Å². The van der Waals surface area contributed by atoms with Gasteiger partial charge in [0, 0.05) is 27.3 Å². The molecule has 0 aliphatic heterocycles. The average Bonchev–Trinajstić information content (AvgIpc) is 2.78. The predicted molar refractivity (Wildman–Crippen MR) is 128 cm³/mol. The molecule has 162 valence electrons. The molecule has 32 heavy (non-hydrogen) atoms. The molecular formula is C25H22BrN3O3. The number of nitrogens with zero attached hydrogens (tertiary/aromatic N) is 2. The van der Waals surface area contributed by atoms with Crippen LogP contribution in [0.15, 0.2) is 68.6 Å². The Morgan fingerprint density at radius 3 is 2.59 bits per heavy atom. The van der Waals surface area contributed by atoms with Crippen molar-refractivity contribution in [1.82, 2.24) is 4.98 Å². The number of nitrogens with one attached hydrogen (secondary N) is 1. The number of anilines is 1. The van der Waals surface area contributed by atoms with E-state index in [9.17, 15) is 9.90 Å². The molecule has 2 aromatic heterocycles. The quantitative estimate of drug-likeness (QED) is 0.394. The van der Waals surface area contributed by atoms with Crippen LogP contribution in [-0.2, 0) is 6.61 Å². The second-order valence-corrected chi connectivity index (χ2v) is 8.51. The number of halogens is 1. The second kappa shape index (κ2) is 9.06. The number of benzene rings is 2. The first kappa shape index (κ1) is 21.9. The van der Waals surface area contributed by atoms with Crippen molar-refractivity contribution < 1.29 is 14.3 Å². The van der Waals surface area contributed by atoms with Gasteiger partial charge in [-0.2, -0.15) is 0 Å². The van der Waals surface area contributed by atoms with E-state index in [0.717, 1.165) is 21.3 Å². The molecule has 6 nitrogen and oxygen atoms in total. The molecule has 0 fully saturated rings. The molecule has 0 atom stereocenters. The van der Waals surface area contributed by atoms with Crippen LogP contribution in [0.1, 0.15) is 32.7 Å². The van der Waals surface area contributed by atoms with Crippen LogP contribution in [0.5, 0.6) is 0 Å². The molecule has 2 heterocycles. The van der Waals surface area contributed by atoms with Crippen LogP contribution in [0, 0.1) is 20.8 Å². The predicted octanol–water partition coefficient (Wildman–Crippen LogP) is 5.49. The summed E-state index contributed by atoms with van der Waals surface area (Å²) in [4.78, 5) is 22.3. The van der Waals surface area contributed by atoms with Crippen molar-refractivity contribution in [2.24, 2.45) is 4.99 Å². The number of rotatable bonds is 4. The molecule has 0 saturated carbocycles. The van der Waals surface area contributed by atoms with Crippen molar-refractivity contribution in [3.63, 3.8) is 0 Å². The van der Waals surface area contributed by atoms with E-state index in [1.54, 1.807) is 24.4 Å². The number of hydrogen-bond acceptors (Lipinski definition) is 5. The maximum absolute atomic E-state index is 13.3. The smallest absolute Gasteiger partial charge is 0.261 e. The minimum Gasteiger partial charge on any atom is -0.436 e. The molecule has 0 aliphatic carbocycles. The summed E-state index contributed by atoms with van der Waals surface area (Å²) in [7, 11) is 0. The number of carbonyl (C=O) groups is 1. The third kappa shape index (κ3) is 4.49. The number of aryl methyl sites for hydroxylation is 3. The van der Waals surface area contributed by atoms with Gasteiger partial charge in [-0.3, -0.25) is 9.78 Å². The van der Waals surface area contributed by atoms with E-state index >= 15 is 0 Å². The number of fused-ring (bicyclic) bond motifs is 1. The van der Waals surface area contributed by atoms with E-state index in [1.165, 1.54) is 0 Å². The number of aliphatic hydroxyl groups excluding tert-OH is 1. The Morgan fingerprint density at radius 2 is 1.88 bits per heavy atom. The van der Waals surface area contributed by atoms with E-state index in [-0.39, 0.29) is 23.6 Å². The van der Waals surface area contributed by atoms with Crippen molar-refractivity contribution in [3.05, 3.63) is 92.7 Å². The van der Waals surface area contributed by atoms with E-state index < -0.39 is 0 Å². The van der Waals surface area contributed by atoms with Gasteiger partial charge in [0.15, 0.2) is 5.58 Å². The Hall–Kier alpha value is -3.29. The van der Waals surface area contributed by atoms with Crippen LogP contribution in [0.25, 0.3) is 11.0 Å². The average molecular weight is 492 g/mol. The van der Waals surface area contributed by atoms with Crippen LogP contribution < -0.4 is 10.9 Å². The monoisotopic (exact) mass is 491 g/mol. The minimum absolute atomic E-state index is 0.181. The molecule has 0 unspecified atom stereocenters. The van der Waals surface area contributed by atoms with Crippen molar-refractivity contribution in [1.29, 1.82) is 0 Å². The lowest BCUT2D eigenvalue weighted by Gasteiger charge is -2.10. The van der Waals surface area contributed by atoms with Gasteiger partial charge in [0.2, 0.25) is 5.55 Å². The zero-order valence-electron chi connectivity index (χ0n) is 17.9. The highest BCUT2D eigenvalue weighted by atomic mass is 79.9. The Balaban J connectivity index is 1.94. The number of aromatic nitrogens is 1.